The summed E-state index contributed by atoms with van der Waals surface area (Å²) in [4.78, 5) is 12.5. The van der Waals surface area contributed by atoms with E-state index in [2.05, 4.69) is 0 Å². The van der Waals surface area contributed by atoms with E-state index in [0.29, 0.717) is 12.1 Å². The molecule has 1 amide bonds. The Morgan fingerprint density at radius 1 is 1.30 bits per heavy atom. The van der Waals surface area contributed by atoms with Crippen LogP contribution < -0.4 is 4.90 Å². The normalized spacial score (nSPS) is 19.7. The average molecular weight is 328 g/mol. The lowest BCUT2D eigenvalue weighted by atomic mass is 10.1. The molecule has 0 N–H and O–H groups in total. The van der Waals surface area contributed by atoms with Crippen molar-refractivity contribution in [2.45, 2.75) is 6.42 Å². The summed E-state index contributed by atoms with van der Waals surface area (Å²) in [6.07, 6.45) is -0.177. The first-order valence-electron chi connectivity index (χ1n) is 5.54. The molecule has 0 radical (unpaired) electrons. The Balaban J connectivity index is 2.29. The third-order valence-corrected chi connectivity index (χ3v) is 4.15. The molecule has 1 atom stereocenters. The summed E-state index contributed by atoms with van der Waals surface area (Å²) in [6.45, 7) is -0.162. The largest absolute Gasteiger partial charge is 0.309 e. The molecule has 2 rings (SSSR count). The van der Waals surface area contributed by atoms with Crippen molar-refractivity contribution in [3.8, 4) is 0 Å². The van der Waals surface area contributed by atoms with Gasteiger partial charge in [0.25, 0.3) is 0 Å². The lowest BCUT2D eigenvalue weighted by Crippen LogP contribution is -2.26. The Morgan fingerprint density at radius 2 is 1.95 bits per heavy atom. The molecule has 1 aromatic carbocycles. The molecule has 1 aliphatic heterocycles. The average Bonchev–Trinajstić information content (AvgIpc) is 2.62. The van der Waals surface area contributed by atoms with E-state index >= 15 is 0 Å². The van der Waals surface area contributed by atoms with E-state index < -0.39 is 49.8 Å². The molecule has 0 aliphatic carbocycles. The molecular weight excluding hydrogens is 319 g/mol. The van der Waals surface area contributed by atoms with E-state index in [9.17, 15) is 26.4 Å². The summed E-state index contributed by atoms with van der Waals surface area (Å²) in [6, 6.07) is 1.05. The minimum absolute atomic E-state index is 0.162. The van der Waals surface area contributed by atoms with Gasteiger partial charge in [0.1, 0.15) is 5.82 Å². The molecule has 0 bridgehead atoms. The van der Waals surface area contributed by atoms with Gasteiger partial charge in [0, 0.05) is 41.7 Å². The first-order chi connectivity index (χ1) is 9.17. The van der Waals surface area contributed by atoms with Crippen LogP contribution >= 0.6 is 10.7 Å². The van der Waals surface area contributed by atoms with Gasteiger partial charge in [-0.15, -0.1) is 0 Å². The van der Waals surface area contributed by atoms with Crippen LogP contribution in [0.3, 0.4) is 0 Å². The van der Waals surface area contributed by atoms with Gasteiger partial charge in [0.2, 0.25) is 15.0 Å². The second-order valence-electron chi connectivity index (χ2n) is 4.50. The van der Waals surface area contributed by atoms with E-state index in [1.165, 1.54) is 0 Å². The maximum absolute atomic E-state index is 13.6. The van der Waals surface area contributed by atoms with Crippen LogP contribution in [0.1, 0.15) is 6.42 Å². The number of benzene rings is 1. The predicted molar refractivity (Wildman–Crippen MR) is 66.4 cm³/mol. The number of anilines is 1. The molecule has 1 fully saturated rings. The van der Waals surface area contributed by atoms with Crippen molar-refractivity contribution < 1.29 is 26.4 Å². The smallest absolute Gasteiger partial charge is 0.232 e. The van der Waals surface area contributed by atoms with Gasteiger partial charge in [0.15, 0.2) is 11.6 Å². The summed E-state index contributed by atoms with van der Waals surface area (Å²) in [5, 5.41) is 0. The van der Waals surface area contributed by atoms with Gasteiger partial charge < -0.3 is 4.90 Å². The Kier molecular flexibility index (Phi) is 3.97. The lowest BCUT2D eigenvalue weighted by molar-refractivity contribution is -0.117. The molecule has 1 heterocycles. The maximum Gasteiger partial charge on any atom is 0.232 e. The molecule has 1 unspecified atom stereocenters. The number of carbonyl (C=O) groups is 1. The van der Waals surface area contributed by atoms with E-state index in [4.69, 9.17) is 10.7 Å². The summed E-state index contributed by atoms with van der Waals surface area (Å²) in [5.74, 6) is -5.51. The first kappa shape index (κ1) is 15.1. The summed E-state index contributed by atoms with van der Waals surface area (Å²) in [7, 11) is 1.27. The van der Waals surface area contributed by atoms with Gasteiger partial charge >= 0.3 is 0 Å². The van der Waals surface area contributed by atoms with Gasteiger partial charge in [-0.2, -0.15) is 0 Å². The Bertz CT molecular complexity index is 665. The third kappa shape index (κ3) is 3.24. The first-order valence-corrected chi connectivity index (χ1v) is 8.02. The molecule has 0 saturated carbocycles. The topological polar surface area (TPSA) is 54.5 Å². The van der Waals surface area contributed by atoms with Gasteiger partial charge in [-0.3, -0.25) is 4.79 Å². The molecule has 9 heteroatoms. The minimum Gasteiger partial charge on any atom is -0.309 e. The van der Waals surface area contributed by atoms with Crippen molar-refractivity contribution >= 4 is 31.3 Å². The standard InChI is InChI=1S/C11H9ClF3NO3S/c12-20(18,19)5-6-1-10(17)16(4-6)9-3-7(13)2-8(14)11(9)15/h2-3,6H,1,4-5H2. The van der Waals surface area contributed by atoms with Crippen molar-refractivity contribution in [2.75, 3.05) is 17.2 Å². The van der Waals surface area contributed by atoms with Crippen LogP contribution in [0.4, 0.5) is 18.9 Å². The number of hydrogen-bond donors (Lipinski definition) is 0. The zero-order valence-corrected chi connectivity index (χ0v) is 11.5. The number of halogens is 4. The lowest BCUT2D eigenvalue weighted by Gasteiger charge is -2.17. The number of rotatable bonds is 3. The Hall–Kier alpha value is -1.28. The quantitative estimate of drug-likeness (QED) is 0.630. The highest BCUT2D eigenvalue weighted by molar-refractivity contribution is 8.13. The summed E-state index contributed by atoms with van der Waals surface area (Å²) in [5.41, 5.74) is -0.540. The fraction of sp³-hybridized carbons (Fsp3) is 0.364. The zero-order valence-electron chi connectivity index (χ0n) is 9.95. The van der Waals surface area contributed by atoms with Crippen LogP contribution in [0.25, 0.3) is 0 Å². The Morgan fingerprint density at radius 3 is 2.55 bits per heavy atom. The van der Waals surface area contributed by atoms with E-state index in [-0.39, 0.29) is 13.0 Å². The monoisotopic (exact) mass is 327 g/mol. The van der Waals surface area contributed by atoms with E-state index in [0.717, 1.165) is 4.90 Å². The van der Waals surface area contributed by atoms with Gasteiger partial charge in [-0.05, 0) is 0 Å². The van der Waals surface area contributed by atoms with Crippen LogP contribution in [0.15, 0.2) is 12.1 Å². The highest BCUT2D eigenvalue weighted by atomic mass is 35.7. The number of hydrogen-bond acceptors (Lipinski definition) is 3. The Labute approximate surface area is 117 Å². The predicted octanol–water partition coefficient (Wildman–Crippen LogP) is 2.03. The molecule has 20 heavy (non-hydrogen) atoms. The maximum atomic E-state index is 13.6. The van der Waals surface area contributed by atoms with Crippen LogP contribution in [0, 0.1) is 23.4 Å². The summed E-state index contributed by atoms with van der Waals surface area (Å²) < 4.78 is 61.7. The van der Waals surface area contributed by atoms with Crippen molar-refractivity contribution in [3.63, 3.8) is 0 Å². The SMILES string of the molecule is O=C1CC(CS(=O)(=O)Cl)CN1c1cc(F)cc(F)c1F. The van der Waals surface area contributed by atoms with Gasteiger partial charge in [0.05, 0.1) is 11.4 Å². The van der Waals surface area contributed by atoms with Crippen LogP contribution in [-0.2, 0) is 13.8 Å². The van der Waals surface area contributed by atoms with Crippen LogP contribution in [0.5, 0.6) is 0 Å². The van der Waals surface area contributed by atoms with E-state index in [1.54, 1.807) is 0 Å². The molecule has 0 aromatic heterocycles. The molecule has 1 aromatic rings. The number of nitrogens with zero attached hydrogens (tertiary/aromatic N) is 1. The second kappa shape index (κ2) is 5.25. The van der Waals surface area contributed by atoms with Gasteiger partial charge in [-0.1, -0.05) is 0 Å². The number of carbonyl (C=O) groups excluding carboxylic acids is 1. The fourth-order valence-corrected chi connectivity index (χ4v) is 3.47. The molecule has 1 saturated heterocycles. The summed E-state index contributed by atoms with van der Waals surface area (Å²) >= 11 is 0. The van der Waals surface area contributed by atoms with Crippen LogP contribution in [-0.4, -0.2) is 26.6 Å². The number of amides is 1. The highest BCUT2D eigenvalue weighted by Crippen LogP contribution is 2.30. The minimum atomic E-state index is -3.81. The van der Waals surface area contributed by atoms with Crippen molar-refractivity contribution in [1.29, 1.82) is 0 Å². The molecule has 1 aliphatic rings. The van der Waals surface area contributed by atoms with E-state index in [1.807, 2.05) is 0 Å². The molecule has 4 nitrogen and oxygen atoms in total. The zero-order chi connectivity index (χ0) is 15.1. The van der Waals surface area contributed by atoms with Gasteiger partial charge in [-0.25, -0.2) is 21.6 Å². The second-order valence-corrected chi connectivity index (χ2v) is 7.32. The van der Waals surface area contributed by atoms with Crippen molar-refractivity contribution in [1.82, 2.24) is 0 Å². The van der Waals surface area contributed by atoms with Crippen molar-refractivity contribution in [2.24, 2.45) is 5.92 Å². The molecular formula is C11H9ClF3NO3S. The van der Waals surface area contributed by atoms with Crippen LogP contribution in [0.2, 0.25) is 0 Å². The molecule has 0 spiro atoms. The third-order valence-electron chi connectivity index (χ3n) is 2.90. The molecule has 110 valence electrons. The fourth-order valence-electron chi connectivity index (χ4n) is 2.15. The van der Waals surface area contributed by atoms with Crippen molar-refractivity contribution in [3.05, 3.63) is 29.6 Å². The highest BCUT2D eigenvalue weighted by Gasteiger charge is 2.35.